The Labute approximate surface area is 105 Å². The van der Waals surface area contributed by atoms with Gasteiger partial charge in [0.05, 0.1) is 11.9 Å². The number of aromatic nitrogens is 2. The molecule has 0 saturated carbocycles. The van der Waals surface area contributed by atoms with Crippen molar-refractivity contribution in [3.05, 3.63) is 42.2 Å². The molecule has 0 spiro atoms. The van der Waals surface area contributed by atoms with Crippen molar-refractivity contribution in [1.82, 2.24) is 9.78 Å². The van der Waals surface area contributed by atoms with Gasteiger partial charge in [-0.15, -0.1) is 0 Å². The standard InChI is InChI=1S/C13H15N3O2/c1-16-9-10(8-14-16)6-7-13(18)15-11-4-2-3-5-12(11)17/h2-5,8-9,17H,6-7H2,1H3,(H,15,18). The molecule has 0 unspecified atom stereocenters. The first-order chi connectivity index (χ1) is 8.65. The molecule has 18 heavy (non-hydrogen) atoms. The van der Waals surface area contributed by atoms with Crippen molar-refractivity contribution in [3.8, 4) is 5.75 Å². The van der Waals surface area contributed by atoms with Crippen molar-refractivity contribution in [1.29, 1.82) is 0 Å². The van der Waals surface area contributed by atoms with Crippen molar-refractivity contribution in [2.75, 3.05) is 5.32 Å². The van der Waals surface area contributed by atoms with Crippen molar-refractivity contribution >= 4 is 11.6 Å². The minimum absolute atomic E-state index is 0.0761. The van der Waals surface area contributed by atoms with Crippen LogP contribution in [0.1, 0.15) is 12.0 Å². The highest BCUT2D eigenvalue weighted by Gasteiger charge is 2.06. The lowest BCUT2D eigenvalue weighted by molar-refractivity contribution is -0.116. The Morgan fingerprint density at radius 2 is 2.22 bits per heavy atom. The average Bonchev–Trinajstić information content (AvgIpc) is 2.76. The van der Waals surface area contributed by atoms with E-state index in [2.05, 4.69) is 10.4 Å². The van der Waals surface area contributed by atoms with Crippen molar-refractivity contribution < 1.29 is 9.90 Å². The minimum atomic E-state index is -0.125. The quantitative estimate of drug-likeness (QED) is 0.806. The van der Waals surface area contributed by atoms with Gasteiger partial charge in [-0.2, -0.15) is 5.10 Å². The molecular formula is C13H15N3O2. The van der Waals surface area contributed by atoms with E-state index in [1.807, 2.05) is 13.2 Å². The Morgan fingerprint density at radius 3 is 2.89 bits per heavy atom. The summed E-state index contributed by atoms with van der Waals surface area (Å²) >= 11 is 0. The summed E-state index contributed by atoms with van der Waals surface area (Å²) in [4.78, 5) is 11.7. The van der Waals surface area contributed by atoms with E-state index in [9.17, 15) is 9.90 Å². The number of para-hydroxylation sites is 2. The topological polar surface area (TPSA) is 67.2 Å². The highest BCUT2D eigenvalue weighted by Crippen LogP contribution is 2.21. The van der Waals surface area contributed by atoms with Crippen LogP contribution in [-0.2, 0) is 18.3 Å². The normalized spacial score (nSPS) is 10.3. The van der Waals surface area contributed by atoms with Gasteiger partial charge in [0.25, 0.3) is 0 Å². The SMILES string of the molecule is Cn1cc(CCC(=O)Nc2ccccc2O)cn1. The summed E-state index contributed by atoms with van der Waals surface area (Å²) in [6, 6.07) is 6.67. The second-order valence-electron chi connectivity index (χ2n) is 4.09. The largest absolute Gasteiger partial charge is 0.506 e. The zero-order chi connectivity index (χ0) is 13.0. The monoisotopic (exact) mass is 245 g/mol. The number of nitrogens with zero attached hydrogens (tertiary/aromatic N) is 2. The van der Waals surface area contributed by atoms with E-state index in [0.29, 0.717) is 18.5 Å². The number of phenolic OH excluding ortho intramolecular Hbond substituents is 1. The average molecular weight is 245 g/mol. The van der Waals surface area contributed by atoms with Gasteiger partial charge in [-0.1, -0.05) is 12.1 Å². The number of hydrogen-bond donors (Lipinski definition) is 2. The van der Waals surface area contributed by atoms with Crippen LogP contribution in [0.3, 0.4) is 0 Å². The second-order valence-corrected chi connectivity index (χ2v) is 4.09. The lowest BCUT2D eigenvalue weighted by Crippen LogP contribution is -2.12. The Morgan fingerprint density at radius 1 is 1.44 bits per heavy atom. The molecule has 0 aliphatic carbocycles. The van der Waals surface area contributed by atoms with E-state index in [0.717, 1.165) is 5.56 Å². The number of nitrogens with one attached hydrogen (secondary N) is 1. The number of carbonyl (C=O) groups excluding carboxylic acids is 1. The molecule has 1 aromatic carbocycles. The highest BCUT2D eigenvalue weighted by atomic mass is 16.3. The third-order valence-electron chi connectivity index (χ3n) is 2.58. The molecule has 2 rings (SSSR count). The molecule has 5 nitrogen and oxygen atoms in total. The molecule has 94 valence electrons. The predicted octanol–water partition coefficient (Wildman–Crippen LogP) is 1.70. The fraction of sp³-hybridized carbons (Fsp3) is 0.231. The first kappa shape index (κ1) is 12.2. The molecule has 1 heterocycles. The molecule has 2 aromatic rings. The molecule has 0 atom stereocenters. The van der Waals surface area contributed by atoms with Gasteiger partial charge in [0.2, 0.25) is 5.91 Å². The lowest BCUT2D eigenvalue weighted by atomic mass is 10.2. The van der Waals surface area contributed by atoms with Crippen LogP contribution in [0.2, 0.25) is 0 Å². The maximum absolute atomic E-state index is 11.7. The van der Waals surface area contributed by atoms with E-state index >= 15 is 0 Å². The summed E-state index contributed by atoms with van der Waals surface area (Å²) in [5.74, 6) is -0.0485. The van der Waals surface area contributed by atoms with E-state index in [1.54, 1.807) is 29.1 Å². The molecule has 0 radical (unpaired) electrons. The fourth-order valence-electron chi connectivity index (χ4n) is 1.65. The zero-order valence-electron chi connectivity index (χ0n) is 10.1. The first-order valence-corrected chi connectivity index (χ1v) is 5.70. The fourth-order valence-corrected chi connectivity index (χ4v) is 1.65. The second kappa shape index (κ2) is 5.35. The molecule has 0 aliphatic rings. The molecule has 0 saturated heterocycles. The smallest absolute Gasteiger partial charge is 0.224 e. The van der Waals surface area contributed by atoms with Gasteiger partial charge in [-0.3, -0.25) is 9.48 Å². The maximum atomic E-state index is 11.7. The minimum Gasteiger partial charge on any atom is -0.506 e. The highest BCUT2D eigenvalue weighted by molar-refractivity contribution is 5.92. The zero-order valence-corrected chi connectivity index (χ0v) is 10.1. The van der Waals surface area contributed by atoms with E-state index < -0.39 is 0 Å². The van der Waals surface area contributed by atoms with Crippen LogP contribution in [0.15, 0.2) is 36.7 Å². The van der Waals surface area contributed by atoms with Gasteiger partial charge in [0.1, 0.15) is 5.75 Å². The summed E-state index contributed by atoms with van der Waals surface area (Å²) in [6.07, 6.45) is 4.62. The number of aromatic hydroxyl groups is 1. The van der Waals surface area contributed by atoms with Crippen LogP contribution in [-0.4, -0.2) is 20.8 Å². The number of rotatable bonds is 4. The number of phenols is 1. The van der Waals surface area contributed by atoms with Gasteiger partial charge in [0, 0.05) is 19.7 Å². The van der Waals surface area contributed by atoms with E-state index in [1.165, 1.54) is 6.07 Å². The Balaban J connectivity index is 1.88. The van der Waals surface area contributed by atoms with Gasteiger partial charge in [-0.05, 0) is 24.1 Å². The summed E-state index contributed by atoms with van der Waals surface area (Å²) in [7, 11) is 1.84. The lowest BCUT2D eigenvalue weighted by Gasteiger charge is -2.06. The van der Waals surface area contributed by atoms with Crippen LogP contribution >= 0.6 is 0 Å². The Bertz CT molecular complexity index is 549. The molecule has 1 amide bonds. The third kappa shape index (κ3) is 3.10. The molecule has 0 bridgehead atoms. The molecule has 2 N–H and O–H groups in total. The molecule has 1 aromatic heterocycles. The number of carbonyl (C=O) groups is 1. The molecule has 0 fully saturated rings. The number of benzene rings is 1. The van der Waals surface area contributed by atoms with E-state index in [4.69, 9.17) is 0 Å². The summed E-state index contributed by atoms with van der Waals surface area (Å²) < 4.78 is 1.70. The number of hydrogen-bond acceptors (Lipinski definition) is 3. The van der Waals surface area contributed by atoms with Crippen molar-refractivity contribution in [3.63, 3.8) is 0 Å². The van der Waals surface area contributed by atoms with Gasteiger partial charge >= 0.3 is 0 Å². The van der Waals surface area contributed by atoms with Crippen molar-refractivity contribution in [2.45, 2.75) is 12.8 Å². The van der Waals surface area contributed by atoms with Gasteiger partial charge in [0.15, 0.2) is 0 Å². The first-order valence-electron chi connectivity index (χ1n) is 5.70. The predicted molar refractivity (Wildman–Crippen MR) is 68.3 cm³/mol. The Hall–Kier alpha value is -2.30. The molecular weight excluding hydrogens is 230 g/mol. The number of amides is 1. The number of anilines is 1. The molecule has 5 heteroatoms. The van der Waals surface area contributed by atoms with Crippen LogP contribution in [0.25, 0.3) is 0 Å². The summed E-state index contributed by atoms with van der Waals surface area (Å²) in [5.41, 5.74) is 1.46. The number of aryl methyl sites for hydroxylation is 2. The van der Waals surface area contributed by atoms with Crippen LogP contribution in [0.5, 0.6) is 5.75 Å². The maximum Gasteiger partial charge on any atom is 0.224 e. The Kier molecular flexibility index (Phi) is 3.62. The van der Waals surface area contributed by atoms with Crippen LogP contribution in [0, 0.1) is 0 Å². The van der Waals surface area contributed by atoms with Crippen LogP contribution < -0.4 is 5.32 Å². The van der Waals surface area contributed by atoms with Gasteiger partial charge in [-0.25, -0.2) is 0 Å². The van der Waals surface area contributed by atoms with Gasteiger partial charge < -0.3 is 10.4 Å². The summed E-state index contributed by atoms with van der Waals surface area (Å²) in [5, 5.41) is 16.2. The summed E-state index contributed by atoms with van der Waals surface area (Å²) in [6.45, 7) is 0. The van der Waals surface area contributed by atoms with E-state index in [-0.39, 0.29) is 11.7 Å². The van der Waals surface area contributed by atoms with Crippen molar-refractivity contribution in [2.24, 2.45) is 7.05 Å². The van der Waals surface area contributed by atoms with Crippen LogP contribution in [0.4, 0.5) is 5.69 Å². The molecule has 0 aliphatic heterocycles. The third-order valence-corrected chi connectivity index (χ3v) is 2.58.